The second-order valence-electron chi connectivity index (χ2n) is 4.59. The smallest absolute Gasteiger partial charge is 0.314 e. The predicted molar refractivity (Wildman–Crippen MR) is 74.5 cm³/mol. The molecule has 0 bridgehead atoms. The Morgan fingerprint density at radius 3 is 2.58 bits per heavy atom. The molecule has 2 nitrogen and oxygen atoms in total. The lowest BCUT2D eigenvalue weighted by Crippen LogP contribution is -2.45. The molecule has 108 valence electrons. The van der Waals surface area contributed by atoms with E-state index in [1.807, 2.05) is 11.4 Å². The van der Waals surface area contributed by atoms with E-state index in [0.717, 1.165) is 35.5 Å². The van der Waals surface area contributed by atoms with Crippen molar-refractivity contribution in [1.82, 2.24) is 10.2 Å². The third kappa shape index (κ3) is 4.44. The van der Waals surface area contributed by atoms with Gasteiger partial charge in [0.05, 0.1) is 0 Å². The zero-order chi connectivity index (χ0) is 13.9. The van der Waals surface area contributed by atoms with E-state index in [9.17, 15) is 13.2 Å². The maximum atomic E-state index is 12.5. The highest BCUT2D eigenvalue weighted by atomic mass is 79.9. The number of hydrogen-bond donors (Lipinski definition) is 1. The molecular formula is C12H16BrF3N2S. The highest BCUT2D eigenvalue weighted by Gasteiger charge is 2.32. The summed E-state index contributed by atoms with van der Waals surface area (Å²) >= 11 is 4.97. The first-order chi connectivity index (χ1) is 8.97. The molecule has 0 amide bonds. The van der Waals surface area contributed by atoms with Crippen molar-refractivity contribution in [2.45, 2.75) is 25.1 Å². The van der Waals surface area contributed by atoms with Crippen LogP contribution in [0.5, 0.6) is 0 Å². The molecule has 7 heteroatoms. The molecule has 0 spiro atoms. The lowest BCUT2D eigenvalue weighted by atomic mass is 10.1. The molecule has 0 aromatic carbocycles. The van der Waals surface area contributed by atoms with E-state index in [4.69, 9.17) is 0 Å². The minimum atomic E-state index is -4.09. The van der Waals surface area contributed by atoms with Crippen LogP contribution >= 0.6 is 27.3 Å². The molecule has 1 saturated heterocycles. The van der Waals surface area contributed by atoms with Crippen LogP contribution in [-0.2, 0) is 0 Å². The number of halogens is 4. The molecule has 1 aliphatic heterocycles. The zero-order valence-corrected chi connectivity index (χ0v) is 12.7. The highest BCUT2D eigenvalue weighted by molar-refractivity contribution is 9.10. The van der Waals surface area contributed by atoms with Gasteiger partial charge >= 0.3 is 6.18 Å². The van der Waals surface area contributed by atoms with Crippen LogP contribution in [-0.4, -0.2) is 37.3 Å². The summed E-state index contributed by atoms with van der Waals surface area (Å²) in [6, 6.07) is 1.76. The number of alkyl halides is 3. The van der Waals surface area contributed by atoms with Crippen molar-refractivity contribution >= 4 is 27.3 Å². The highest BCUT2D eigenvalue weighted by Crippen LogP contribution is 2.37. The monoisotopic (exact) mass is 356 g/mol. The van der Waals surface area contributed by atoms with Crippen LogP contribution in [0.25, 0.3) is 0 Å². The SMILES string of the molecule is FC(F)(F)CC[C@H](c1sccc1Br)N1CCNCC1. The largest absolute Gasteiger partial charge is 0.389 e. The molecule has 19 heavy (non-hydrogen) atoms. The number of hydrogen-bond acceptors (Lipinski definition) is 3. The molecule has 1 atom stereocenters. The minimum Gasteiger partial charge on any atom is -0.314 e. The van der Waals surface area contributed by atoms with Crippen LogP contribution < -0.4 is 5.32 Å². The first-order valence-corrected chi connectivity index (χ1v) is 7.89. The van der Waals surface area contributed by atoms with Crippen LogP contribution in [0.2, 0.25) is 0 Å². The van der Waals surface area contributed by atoms with E-state index in [0.29, 0.717) is 0 Å². The average Bonchev–Trinajstić information content (AvgIpc) is 2.76. The molecule has 0 unspecified atom stereocenters. The van der Waals surface area contributed by atoms with Gasteiger partial charge in [-0.25, -0.2) is 0 Å². The lowest BCUT2D eigenvalue weighted by molar-refractivity contribution is -0.138. The number of piperazine rings is 1. The Hall–Kier alpha value is -0.110. The van der Waals surface area contributed by atoms with Crippen molar-refractivity contribution in [2.75, 3.05) is 26.2 Å². The quantitative estimate of drug-likeness (QED) is 0.882. The van der Waals surface area contributed by atoms with Gasteiger partial charge in [0.25, 0.3) is 0 Å². The van der Waals surface area contributed by atoms with Crippen molar-refractivity contribution in [3.8, 4) is 0 Å². The van der Waals surface area contributed by atoms with Crippen LogP contribution in [0, 0.1) is 0 Å². The summed E-state index contributed by atoms with van der Waals surface area (Å²) in [5.74, 6) is 0. The topological polar surface area (TPSA) is 15.3 Å². The maximum absolute atomic E-state index is 12.5. The van der Waals surface area contributed by atoms with Crippen LogP contribution in [0.1, 0.15) is 23.8 Å². The summed E-state index contributed by atoms with van der Waals surface area (Å²) in [7, 11) is 0. The van der Waals surface area contributed by atoms with Crippen LogP contribution in [0.15, 0.2) is 15.9 Å². The summed E-state index contributed by atoms with van der Waals surface area (Å²) in [5, 5.41) is 5.15. The second-order valence-corrected chi connectivity index (χ2v) is 6.39. The van der Waals surface area contributed by atoms with Crippen molar-refractivity contribution < 1.29 is 13.2 Å². The standard InChI is InChI=1S/C12H16BrF3N2S/c13-9-2-8-19-11(9)10(1-3-12(14,15)16)18-6-4-17-5-7-18/h2,8,10,17H,1,3-7H2/t10-/m1/s1. The fourth-order valence-electron chi connectivity index (χ4n) is 2.32. The van der Waals surface area contributed by atoms with Gasteiger partial charge in [0.15, 0.2) is 0 Å². The van der Waals surface area contributed by atoms with E-state index < -0.39 is 12.6 Å². The molecule has 0 radical (unpaired) electrons. The van der Waals surface area contributed by atoms with Gasteiger partial charge in [0, 0.05) is 48.0 Å². The minimum absolute atomic E-state index is 0.128. The van der Waals surface area contributed by atoms with Crippen molar-refractivity contribution in [3.05, 3.63) is 20.8 Å². The Labute approximate surface area is 123 Å². The number of rotatable bonds is 4. The Balaban J connectivity index is 2.10. The summed E-state index contributed by atoms with van der Waals surface area (Å²) in [4.78, 5) is 3.16. The number of nitrogens with one attached hydrogen (secondary N) is 1. The first-order valence-electron chi connectivity index (χ1n) is 6.22. The molecule has 1 fully saturated rings. The molecule has 2 heterocycles. The van der Waals surface area contributed by atoms with Crippen LogP contribution in [0.4, 0.5) is 13.2 Å². The molecular weight excluding hydrogens is 341 g/mol. The van der Waals surface area contributed by atoms with Gasteiger partial charge in [-0.2, -0.15) is 13.2 Å². The van der Waals surface area contributed by atoms with Gasteiger partial charge in [-0.15, -0.1) is 11.3 Å². The fourth-order valence-corrected chi connectivity index (χ4v) is 4.12. The fraction of sp³-hybridized carbons (Fsp3) is 0.667. The summed E-state index contributed by atoms with van der Waals surface area (Å²) in [6.45, 7) is 3.27. The molecule has 2 rings (SSSR count). The van der Waals surface area contributed by atoms with Crippen molar-refractivity contribution in [2.24, 2.45) is 0 Å². The maximum Gasteiger partial charge on any atom is 0.389 e. The number of thiophene rings is 1. The molecule has 1 aromatic rings. The van der Waals surface area contributed by atoms with Gasteiger partial charge in [0.1, 0.15) is 0 Å². The van der Waals surface area contributed by atoms with Gasteiger partial charge in [-0.3, -0.25) is 4.90 Å². The van der Waals surface area contributed by atoms with E-state index in [2.05, 4.69) is 26.1 Å². The van der Waals surface area contributed by atoms with Crippen LogP contribution in [0.3, 0.4) is 0 Å². The Kier molecular flexibility index (Phi) is 5.28. The normalized spacial score (nSPS) is 19.6. The Morgan fingerprint density at radius 2 is 2.05 bits per heavy atom. The second kappa shape index (κ2) is 6.56. The van der Waals surface area contributed by atoms with E-state index >= 15 is 0 Å². The van der Waals surface area contributed by atoms with Gasteiger partial charge in [-0.05, 0) is 33.8 Å². The third-order valence-electron chi connectivity index (χ3n) is 3.24. The summed E-state index contributed by atoms with van der Waals surface area (Å²) in [6.07, 6.45) is -4.69. The van der Waals surface area contributed by atoms with E-state index in [1.54, 1.807) is 0 Å². The van der Waals surface area contributed by atoms with Gasteiger partial charge < -0.3 is 5.32 Å². The van der Waals surface area contributed by atoms with E-state index in [-0.39, 0.29) is 12.5 Å². The predicted octanol–water partition coefficient (Wildman–Crippen LogP) is 3.80. The molecule has 1 aromatic heterocycles. The Bertz CT molecular complexity index is 402. The third-order valence-corrected chi connectivity index (χ3v) is 5.21. The number of nitrogens with zero attached hydrogens (tertiary/aromatic N) is 1. The molecule has 0 saturated carbocycles. The van der Waals surface area contributed by atoms with Crippen molar-refractivity contribution in [1.29, 1.82) is 0 Å². The van der Waals surface area contributed by atoms with E-state index in [1.165, 1.54) is 11.3 Å². The molecule has 1 aliphatic rings. The van der Waals surface area contributed by atoms with Gasteiger partial charge in [-0.1, -0.05) is 0 Å². The van der Waals surface area contributed by atoms with Gasteiger partial charge in [0.2, 0.25) is 0 Å². The molecule has 0 aliphatic carbocycles. The first kappa shape index (κ1) is 15.3. The lowest BCUT2D eigenvalue weighted by Gasteiger charge is -2.35. The summed E-state index contributed by atoms with van der Waals surface area (Å²) in [5.41, 5.74) is 0. The molecule has 1 N–H and O–H groups in total. The average molecular weight is 357 g/mol. The Morgan fingerprint density at radius 1 is 1.37 bits per heavy atom. The zero-order valence-electron chi connectivity index (χ0n) is 10.3. The summed E-state index contributed by atoms with van der Waals surface area (Å²) < 4.78 is 38.4. The van der Waals surface area contributed by atoms with Crippen molar-refractivity contribution in [3.63, 3.8) is 0 Å².